The fraction of sp³-hybridized carbons (Fsp3) is 0.593. The predicted octanol–water partition coefficient (Wildman–Crippen LogP) is 4.46. The van der Waals surface area contributed by atoms with Crippen LogP contribution in [0.1, 0.15) is 62.0 Å². The largest absolute Gasteiger partial charge is 0.492 e. The average Bonchev–Trinajstić information content (AvgIpc) is 2.82. The van der Waals surface area contributed by atoms with Crippen LogP contribution in [-0.4, -0.2) is 65.0 Å². The normalized spacial score (nSPS) is 19.9. The molecule has 0 bridgehead atoms. The van der Waals surface area contributed by atoms with E-state index in [2.05, 4.69) is 53.0 Å². The van der Waals surface area contributed by atoms with Gasteiger partial charge in [-0.05, 0) is 55.1 Å². The van der Waals surface area contributed by atoms with Crippen LogP contribution in [0.15, 0.2) is 42.9 Å². The van der Waals surface area contributed by atoms with Gasteiger partial charge in [-0.2, -0.15) is 0 Å². The minimum Gasteiger partial charge on any atom is -0.492 e. The first-order chi connectivity index (χ1) is 16.0. The molecule has 0 atom stereocenters. The van der Waals surface area contributed by atoms with Crippen molar-refractivity contribution in [3.8, 4) is 5.75 Å². The van der Waals surface area contributed by atoms with Crippen molar-refractivity contribution in [2.45, 2.75) is 52.4 Å². The summed E-state index contributed by atoms with van der Waals surface area (Å²) in [5.41, 5.74) is 2.03. The third-order valence-electron chi connectivity index (χ3n) is 7.12. The molecular formula is C27H38N4O2. The Morgan fingerprint density at radius 3 is 2.67 bits per heavy atom. The zero-order valence-electron chi connectivity index (χ0n) is 20.2. The number of likely N-dealkylation sites (tertiary alicyclic amines) is 1. The highest BCUT2D eigenvalue weighted by Crippen LogP contribution is 2.38. The molecule has 6 heteroatoms. The van der Waals surface area contributed by atoms with Crippen molar-refractivity contribution < 1.29 is 9.53 Å². The molecule has 0 unspecified atom stereocenters. The lowest BCUT2D eigenvalue weighted by atomic mass is 9.73. The van der Waals surface area contributed by atoms with Crippen LogP contribution in [0.2, 0.25) is 0 Å². The van der Waals surface area contributed by atoms with E-state index in [9.17, 15) is 4.79 Å². The number of para-hydroxylation sites is 1. The third kappa shape index (κ3) is 6.32. The van der Waals surface area contributed by atoms with Crippen LogP contribution >= 0.6 is 0 Å². The molecule has 2 aliphatic heterocycles. The Kier molecular flexibility index (Phi) is 7.97. The summed E-state index contributed by atoms with van der Waals surface area (Å²) in [5, 5.41) is 0. The number of aryl methyl sites for hydroxylation is 1. The minimum absolute atomic E-state index is 0.00940. The van der Waals surface area contributed by atoms with Gasteiger partial charge in [-0.3, -0.25) is 14.7 Å². The zero-order valence-corrected chi connectivity index (χ0v) is 20.2. The number of amides is 1. The molecule has 0 aliphatic carbocycles. The van der Waals surface area contributed by atoms with Crippen LogP contribution in [0.4, 0.5) is 0 Å². The molecule has 0 radical (unpaired) electrons. The Bertz CT molecular complexity index is 894. The fourth-order valence-corrected chi connectivity index (χ4v) is 5.42. The van der Waals surface area contributed by atoms with E-state index < -0.39 is 0 Å². The molecule has 4 rings (SSSR count). The Labute approximate surface area is 198 Å². The highest BCUT2D eigenvalue weighted by molar-refractivity contribution is 5.92. The summed E-state index contributed by atoms with van der Waals surface area (Å²) in [4.78, 5) is 25.8. The van der Waals surface area contributed by atoms with Crippen LogP contribution in [-0.2, 0) is 6.42 Å². The minimum atomic E-state index is 0.00940. The molecule has 1 aromatic heterocycles. The van der Waals surface area contributed by atoms with Crippen molar-refractivity contribution >= 4 is 5.91 Å². The van der Waals surface area contributed by atoms with Gasteiger partial charge in [-0.25, -0.2) is 4.98 Å². The summed E-state index contributed by atoms with van der Waals surface area (Å²) < 4.78 is 6.24. The molecule has 1 amide bonds. The van der Waals surface area contributed by atoms with Gasteiger partial charge in [0.2, 0.25) is 0 Å². The highest BCUT2D eigenvalue weighted by atomic mass is 16.5. The number of carbonyl (C=O) groups is 1. The quantitative estimate of drug-likeness (QED) is 0.691. The van der Waals surface area contributed by atoms with E-state index in [4.69, 9.17) is 4.74 Å². The average molecular weight is 451 g/mol. The molecule has 178 valence electrons. The summed E-state index contributed by atoms with van der Waals surface area (Å²) in [6, 6.07) is 8.50. The second-order valence-corrected chi connectivity index (χ2v) is 10.2. The first kappa shape index (κ1) is 23.7. The van der Waals surface area contributed by atoms with Crippen molar-refractivity contribution in [3.63, 3.8) is 0 Å². The second kappa shape index (κ2) is 11.1. The molecule has 1 aromatic carbocycles. The fourth-order valence-electron chi connectivity index (χ4n) is 5.42. The molecule has 33 heavy (non-hydrogen) atoms. The maximum Gasteiger partial charge on any atom is 0.274 e. The summed E-state index contributed by atoms with van der Waals surface area (Å²) in [5.74, 6) is 1.67. The first-order valence-corrected chi connectivity index (χ1v) is 12.5. The maximum absolute atomic E-state index is 12.9. The van der Waals surface area contributed by atoms with Crippen LogP contribution in [0.5, 0.6) is 5.75 Å². The molecule has 1 spiro atoms. The lowest BCUT2D eigenvalue weighted by molar-refractivity contribution is 0.0351. The van der Waals surface area contributed by atoms with E-state index >= 15 is 0 Å². The summed E-state index contributed by atoms with van der Waals surface area (Å²) >= 11 is 0. The lowest BCUT2D eigenvalue weighted by Crippen LogP contribution is -2.49. The number of fused-ring (bicyclic) bond motifs is 1. The van der Waals surface area contributed by atoms with Gasteiger partial charge in [0.25, 0.3) is 5.91 Å². The molecule has 6 nitrogen and oxygen atoms in total. The van der Waals surface area contributed by atoms with Gasteiger partial charge in [0.05, 0.1) is 6.20 Å². The molecule has 3 heterocycles. The van der Waals surface area contributed by atoms with E-state index in [0.29, 0.717) is 11.6 Å². The Hall–Kier alpha value is -2.47. The summed E-state index contributed by atoms with van der Waals surface area (Å²) in [6.45, 7) is 10.0. The van der Waals surface area contributed by atoms with E-state index in [1.54, 1.807) is 18.6 Å². The predicted molar refractivity (Wildman–Crippen MR) is 130 cm³/mol. The van der Waals surface area contributed by atoms with Crippen molar-refractivity contribution in [1.29, 1.82) is 0 Å². The zero-order chi connectivity index (χ0) is 23.1. The molecule has 0 saturated carbocycles. The SMILES string of the molecule is CC(C)CN1CCOc2ccccc2CCCCC2(CCN(C(=O)c3cnccn3)CC2)C1. The molecule has 0 N–H and O–H groups in total. The van der Waals surface area contributed by atoms with E-state index in [-0.39, 0.29) is 11.3 Å². The summed E-state index contributed by atoms with van der Waals surface area (Å²) in [6.07, 6.45) is 11.5. The maximum atomic E-state index is 12.9. The Morgan fingerprint density at radius 2 is 1.91 bits per heavy atom. The van der Waals surface area contributed by atoms with Crippen molar-refractivity contribution in [3.05, 3.63) is 54.1 Å². The second-order valence-electron chi connectivity index (χ2n) is 10.2. The number of nitrogens with zero attached hydrogens (tertiary/aromatic N) is 4. The van der Waals surface area contributed by atoms with Gasteiger partial charge in [0.15, 0.2) is 0 Å². The van der Waals surface area contributed by atoms with Gasteiger partial charge in [-0.1, -0.05) is 38.5 Å². The Balaban J connectivity index is 1.46. The van der Waals surface area contributed by atoms with Crippen LogP contribution in [0.25, 0.3) is 0 Å². The molecule has 2 aromatic rings. The number of hydrogen-bond donors (Lipinski definition) is 0. The lowest BCUT2D eigenvalue weighted by Gasteiger charge is -2.45. The van der Waals surface area contributed by atoms with Gasteiger partial charge in [0.1, 0.15) is 18.1 Å². The molecule has 1 fully saturated rings. The van der Waals surface area contributed by atoms with Crippen LogP contribution < -0.4 is 4.74 Å². The number of aromatic nitrogens is 2. The smallest absolute Gasteiger partial charge is 0.274 e. The number of ether oxygens (including phenoxy) is 1. The van der Waals surface area contributed by atoms with E-state index in [0.717, 1.165) is 64.3 Å². The van der Waals surface area contributed by atoms with Crippen molar-refractivity contribution in [1.82, 2.24) is 19.8 Å². The number of piperidine rings is 1. The number of rotatable bonds is 3. The third-order valence-corrected chi connectivity index (χ3v) is 7.12. The summed E-state index contributed by atoms with van der Waals surface area (Å²) in [7, 11) is 0. The van der Waals surface area contributed by atoms with Gasteiger partial charge in [-0.15, -0.1) is 0 Å². The number of carbonyl (C=O) groups excluding carboxylic acids is 1. The van der Waals surface area contributed by atoms with Gasteiger partial charge >= 0.3 is 0 Å². The number of benzene rings is 1. The molecular weight excluding hydrogens is 412 g/mol. The van der Waals surface area contributed by atoms with Crippen LogP contribution in [0, 0.1) is 11.3 Å². The molecule has 1 saturated heterocycles. The molecule has 2 aliphatic rings. The highest BCUT2D eigenvalue weighted by Gasteiger charge is 2.37. The van der Waals surface area contributed by atoms with E-state index in [1.165, 1.54) is 24.8 Å². The van der Waals surface area contributed by atoms with Crippen molar-refractivity contribution in [2.75, 3.05) is 39.3 Å². The monoisotopic (exact) mass is 450 g/mol. The van der Waals surface area contributed by atoms with Crippen molar-refractivity contribution in [2.24, 2.45) is 11.3 Å². The first-order valence-electron chi connectivity index (χ1n) is 12.5. The van der Waals surface area contributed by atoms with E-state index in [1.807, 2.05) is 4.90 Å². The number of hydrogen-bond acceptors (Lipinski definition) is 5. The van der Waals surface area contributed by atoms with Crippen LogP contribution in [0.3, 0.4) is 0 Å². The van der Waals surface area contributed by atoms with Gasteiger partial charge in [0, 0.05) is 45.1 Å². The van der Waals surface area contributed by atoms with Gasteiger partial charge < -0.3 is 9.64 Å². The standard InChI is InChI=1S/C27H38N4O2/c1-22(2)20-30-17-18-33-25-9-4-3-7-23(25)8-5-6-10-27(21-30)11-15-31(16-12-27)26(32)24-19-28-13-14-29-24/h3-4,7,9,13-14,19,22H,5-6,8,10-12,15-18,20-21H2,1-2H3. The topological polar surface area (TPSA) is 58.6 Å². The Morgan fingerprint density at radius 1 is 1.09 bits per heavy atom.